The number of alkyl halides is 1. The fourth-order valence-corrected chi connectivity index (χ4v) is 2.55. The topological polar surface area (TPSA) is 16.1 Å². The highest BCUT2D eigenvalue weighted by molar-refractivity contribution is 9.08. The summed E-state index contributed by atoms with van der Waals surface area (Å²) in [6.45, 7) is 5.56. The molecule has 1 aromatic carbocycles. The van der Waals surface area contributed by atoms with Gasteiger partial charge in [-0.2, -0.15) is 0 Å². The highest BCUT2D eigenvalue weighted by Crippen LogP contribution is 2.25. The van der Waals surface area contributed by atoms with Gasteiger partial charge in [0.1, 0.15) is 5.82 Å². The van der Waals surface area contributed by atoms with Crippen molar-refractivity contribution in [3.8, 4) is 0 Å². The van der Waals surface area contributed by atoms with Crippen LogP contribution in [0.5, 0.6) is 0 Å². The van der Waals surface area contributed by atoms with Crippen LogP contribution in [0, 0.1) is 5.92 Å². The molecule has 0 unspecified atom stereocenters. The van der Waals surface area contributed by atoms with Crippen molar-refractivity contribution in [1.29, 1.82) is 0 Å². The predicted octanol–water partition coefficient (Wildman–Crippen LogP) is 4.61. The van der Waals surface area contributed by atoms with Crippen molar-refractivity contribution in [3.63, 3.8) is 0 Å². The average molecular weight is 321 g/mol. The molecule has 0 saturated carbocycles. The van der Waals surface area contributed by atoms with Gasteiger partial charge in [0.25, 0.3) is 0 Å². The second kappa shape index (κ2) is 6.38. The number of pyridine rings is 1. The molecular weight excluding hydrogens is 300 g/mol. The first-order valence-electron chi connectivity index (χ1n) is 6.77. The molecule has 0 atom stereocenters. The molecule has 0 aliphatic carbocycles. The monoisotopic (exact) mass is 320 g/mol. The maximum Gasteiger partial charge on any atom is 0.133 e. The number of anilines is 1. The summed E-state index contributed by atoms with van der Waals surface area (Å²) >= 11 is 3.58. The van der Waals surface area contributed by atoms with Gasteiger partial charge >= 0.3 is 0 Å². The summed E-state index contributed by atoms with van der Waals surface area (Å²) in [5, 5.41) is 2.05. The van der Waals surface area contributed by atoms with E-state index in [1.165, 1.54) is 17.4 Å². The van der Waals surface area contributed by atoms with Crippen molar-refractivity contribution < 1.29 is 0 Å². The maximum atomic E-state index is 4.82. The number of nitrogens with zero attached hydrogens (tertiary/aromatic N) is 2. The Morgan fingerprint density at radius 3 is 2.68 bits per heavy atom. The van der Waals surface area contributed by atoms with Gasteiger partial charge in [-0.05, 0) is 24.5 Å². The van der Waals surface area contributed by atoms with E-state index in [1.807, 2.05) is 6.07 Å². The zero-order valence-electron chi connectivity index (χ0n) is 11.9. The normalized spacial score (nSPS) is 11.2. The number of hydrogen-bond donors (Lipinski definition) is 0. The summed E-state index contributed by atoms with van der Waals surface area (Å²) in [5.74, 6) is 1.81. The van der Waals surface area contributed by atoms with Crippen LogP contribution in [0.1, 0.15) is 25.8 Å². The van der Waals surface area contributed by atoms with Crippen LogP contribution in [-0.2, 0) is 5.33 Å². The van der Waals surface area contributed by atoms with Gasteiger partial charge in [-0.1, -0.05) is 48.0 Å². The molecule has 0 aliphatic heterocycles. The number of halogens is 1. The van der Waals surface area contributed by atoms with Crippen molar-refractivity contribution in [3.05, 3.63) is 35.9 Å². The van der Waals surface area contributed by atoms with E-state index in [-0.39, 0.29) is 0 Å². The van der Waals surface area contributed by atoms with E-state index in [0.717, 1.165) is 29.1 Å². The largest absolute Gasteiger partial charge is 0.359 e. The van der Waals surface area contributed by atoms with Crippen LogP contribution in [0.3, 0.4) is 0 Å². The van der Waals surface area contributed by atoms with Crippen LogP contribution in [0.25, 0.3) is 10.9 Å². The minimum Gasteiger partial charge on any atom is -0.359 e. The van der Waals surface area contributed by atoms with Crippen molar-refractivity contribution in [2.75, 3.05) is 18.5 Å². The van der Waals surface area contributed by atoms with Crippen molar-refractivity contribution in [1.82, 2.24) is 4.98 Å². The number of aromatic nitrogens is 1. The Labute approximate surface area is 124 Å². The molecule has 0 radical (unpaired) electrons. The van der Waals surface area contributed by atoms with Gasteiger partial charge in [0.15, 0.2) is 0 Å². The lowest BCUT2D eigenvalue weighted by Gasteiger charge is -2.22. The molecular formula is C16H21BrN2. The van der Waals surface area contributed by atoms with E-state index in [4.69, 9.17) is 4.98 Å². The smallest absolute Gasteiger partial charge is 0.133 e. The van der Waals surface area contributed by atoms with E-state index < -0.39 is 0 Å². The predicted molar refractivity (Wildman–Crippen MR) is 87.1 cm³/mol. The van der Waals surface area contributed by atoms with Gasteiger partial charge in [0.2, 0.25) is 0 Å². The summed E-state index contributed by atoms with van der Waals surface area (Å²) in [7, 11) is 2.13. The highest BCUT2D eigenvalue weighted by Gasteiger charge is 2.10. The third kappa shape index (κ3) is 3.47. The van der Waals surface area contributed by atoms with Crippen LogP contribution < -0.4 is 4.90 Å². The van der Waals surface area contributed by atoms with Crippen LogP contribution >= 0.6 is 15.9 Å². The van der Waals surface area contributed by atoms with Gasteiger partial charge in [0, 0.05) is 29.9 Å². The van der Waals surface area contributed by atoms with Crippen LogP contribution in [0.15, 0.2) is 30.3 Å². The zero-order valence-corrected chi connectivity index (χ0v) is 13.4. The second-order valence-electron chi connectivity index (χ2n) is 5.40. The molecule has 0 saturated heterocycles. The number of fused-ring (bicyclic) bond motifs is 1. The molecule has 102 valence electrons. The first-order chi connectivity index (χ1) is 9.11. The SMILES string of the molecule is CC(C)CCN(C)c1nc2ccccc2cc1CBr. The second-order valence-corrected chi connectivity index (χ2v) is 5.96. The first-order valence-corrected chi connectivity index (χ1v) is 7.89. The zero-order chi connectivity index (χ0) is 13.8. The molecule has 1 heterocycles. The Kier molecular flexibility index (Phi) is 4.81. The standard InChI is InChI=1S/C16H21BrN2/c1-12(2)8-9-19(3)16-14(11-17)10-13-6-4-5-7-15(13)18-16/h4-7,10,12H,8-9,11H2,1-3H3. The molecule has 0 bridgehead atoms. The molecule has 2 rings (SSSR count). The fraction of sp³-hybridized carbons (Fsp3) is 0.438. The third-order valence-electron chi connectivity index (χ3n) is 3.33. The molecule has 3 heteroatoms. The third-order valence-corrected chi connectivity index (χ3v) is 3.93. The molecule has 0 fully saturated rings. The Hall–Kier alpha value is -1.09. The molecule has 0 aliphatic rings. The van der Waals surface area contributed by atoms with Crippen LogP contribution in [0.4, 0.5) is 5.82 Å². The number of para-hydroxylation sites is 1. The summed E-state index contributed by atoms with van der Waals surface area (Å²) < 4.78 is 0. The molecule has 19 heavy (non-hydrogen) atoms. The van der Waals surface area contributed by atoms with Gasteiger partial charge in [-0.3, -0.25) is 0 Å². The van der Waals surface area contributed by atoms with Crippen molar-refractivity contribution in [2.45, 2.75) is 25.6 Å². The quantitative estimate of drug-likeness (QED) is 0.748. The minimum atomic E-state index is 0.718. The van der Waals surface area contributed by atoms with Gasteiger partial charge < -0.3 is 4.90 Å². The van der Waals surface area contributed by atoms with Crippen LogP contribution in [-0.4, -0.2) is 18.6 Å². The molecule has 1 aromatic heterocycles. The van der Waals surface area contributed by atoms with Crippen molar-refractivity contribution in [2.24, 2.45) is 5.92 Å². The lowest BCUT2D eigenvalue weighted by molar-refractivity contribution is 0.583. The van der Waals surface area contributed by atoms with E-state index in [0.29, 0.717) is 0 Å². The van der Waals surface area contributed by atoms with E-state index in [9.17, 15) is 0 Å². The van der Waals surface area contributed by atoms with E-state index >= 15 is 0 Å². The fourth-order valence-electron chi connectivity index (χ4n) is 2.14. The van der Waals surface area contributed by atoms with Gasteiger partial charge in [-0.25, -0.2) is 4.98 Å². The molecule has 0 spiro atoms. The minimum absolute atomic E-state index is 0.718. The van der Waals surface area contributed by atoms with Crippen molar-refractivity contribution >= 4 is 32.7 Å². The van der Waals surface area contributed by atoms with Crippen LogP contribution in [0.2, 0.25) is 0 Å². The summed E-state index contributed by atoms with van der Waals surface area (Å²) in [4.78, 5) is 7.09. The number of rotatable bonds is 5. The lowest BCUT2D eigenvalue weighted by Crippen LogP contribution is -2.22. The maximum absolute atomic E-state index is 4.82. The number of hydrogen-bond acceptors (Lipinski definition) is 2. The van der Waals surface area contributed by atoms with E-state index in [1.54, 1.807) is 0 Å². The average Bonchev–Trinajstić information content (AvgIpc) is 2.43. The Balaban J connectivity index is 2.34. The Morgan fingerprint density at radius 1 is 1.26 bits per heavy atom. The first kappa shape index (κ1) is 14.3. The Bertz CT molecular complexity index is 551. The summed E-state index contributed by atoms with van der Waals surface area (Å²) in [5.41, 5.74) is 2.32. The van der Waals surface area contributed by atoms with Gasteiger partial charge in [-0.15, -0.1) is 0 Å². The Morgan fingerprint density at radius 2 is 2.00 bits per heavy atom. The summed E-state index contributed by atoms with van der Waals surface area (Å²) in [6.07, 6.45) is 1.19. The lowest BCUT2D eigenvalue weighted by atomic mass is 10.1. The number of benzene rings is 1. The molecule has 0 N–H and O–H groups in total. The summed E-state index contributed by atoms with van der Waals surface area (Å²) in [6, 6.07) is 10.5. The highest BCUT2D eigenvalue weighted by atomic mass is 79.9. The molecule has 2 aromatic rings. The molecule has 0 amide bonds. The van der Waals surface area contributed by atoms with Gasteiger partial charge in [0.05, 0.1) is 5.52 Å². The van der Waals surface area contributed by atoms with E-state index in [2.05, 4.69) is 66.0 Å². The molecule has 2 nitrogen and oxygen atoms in total.